The van der Waals surface area contributed by atoms with Gasteiger partial charge in [0.05, 0.1) is 13.1 Å². The number of hydrogen-bond acceptors (Lipinski definition) is 2. The van der Waals surface area contributed by atoms with Gasteiger partial charge in [0.1, 0.15) is 0 Å². The van der Waals surface area contributed by atoms with Crippen molar-refractivity contribution in [1.82, 2.24) is 0 Å². The fourth-order valence-corrected chi connectivity index (χ4v) is 3.24. The predicted molar refractivity (Wildman–Crippen MR) is 109 cm³/mol. The summed E-state index contributed by atoms with van der Waals surface area (Å²) < 4.78 is 0.434. The van der Waals surface area contributed by atoms with Gasteiger partial charge in [-0.15, -0.1) is 0 Å². The van der Waals surface area contributed by atoms with E-state index in [2.05, 4.69) is 19.1 Å². The van der Waals surface area contributed by atoms with Crippen LogP contribution < -0.4 is 12.4 Å². The summed E-state index contributed by atoms with van der Waals surface area (Å²) in [6.45, 7) is 6.11. The van der Waals surface area contributed by atoms with Crippen LogP contribution in [-0.4, -0.2) is 41.2 Å². The molecule has 0 saturated heterocycles. The molecule has 0 aliphatic carbocycles. The van der Waals surface area contributed by atoms with Crippen molar-refractivity contribution in [2.45, 2.75) is 104 Å². The molecule has 0 fully saturated rings. The lowest BCUT2D eigenvalue weighted by Crippen LogP contribution is -3.00. The third kappa shape index (κ3) is 16.1. The average Bonchev–Trinajstić information content (AvgIpc) is 2.65. The molecule has 0 aliphatic rings. The van der Waals surface area contributed by atoms with Crippen molar-refractivity contribution >= 4 is 0 Å². The van der Waals surface area contributed by atoms with E-state index in [9.17, 15) is 10.2 Å². The number of hydrogen-bond donors (Lipinski definition) is 2. The Bertz CT molecular complexity index is 286. The van der Waals surface area contributed by atoms with Crippen LogP contribution in [0.5, 0.6) is 0 Å². The highest BCUT2D eigenvalue weighted by molar-refractivity contribution is 4.81. The minimum atomic E-state index is 0. The van der Waals surface area contributed by atoms with E-state index in [1.165, 1.54) is 83.5 Å². The highest BCUT2D eigenvalue weighted by atomic mass is 35.5. The Hall–Kier alpha value is -0.0900. The lowest BCUT2D eigenvalue weighted by atomic mass is 10.1. The van der Waals surface area contributed by atoms with E-state index < -0.39 is 0 Å². The number of aliphatic hydroxyl groups is 2. The molecule has 0 radical (unpaired) electrons. The van der Waals surface area contributed by atoms with Gasteiger partial charge in [-0.25, -0.2) is 0 Å². The predicted octanol–water partition coefficient (Wildman–Crippen LogP) is 2.76. The number of allylic oxidation sites excluding steroid dienone is 2. The third-order valence-corrected chi connectivity index (χ3v) is 5.42. The van der Waals surface area contributed by atoms with Crippen LogP contribution in [0.15, 0.2) is 12.2 Å². The van der Waals surface area contributed by atoms with Crippen LogP contribution >= 0.6 is 0 Å². The Morgan fingerprint density at radius 1 is 0.615 bits per heavy atom. The minimum Gasteiger partial charge on any atom is -1.00 e. The lowest BCUT2D eigenvalue weighted by Gasteiger charge is -2.33. The molecule has 0 unspecified atom stereocenters. The molecule has 0 amide bonds. The molecule has 4 heteroatoms. The van der Waals surface area contributed by atoms with Crippen LogP contribution in [0.1, 0.15) is 104 Å². The van der Waals surface area contributed by atoms with Gasteiger partial charge >= 0.3 is 0 Å². The van der Waals surface area contributed by atoms with E-state index in [1.807, 2.05) is 6.92 Å². The van der Waals surface area contributed by atoms with Gasteiger partial charge in [-0.3, -0.25) is 4.48 Å². The number of quaternary nitrogens is 1. The molecular weight excluding hydrogens is 346 g/mol. The molecular formula is C22H46ClNO2. The molecule has 26 heavy (non-hydrogen) atoms. The molecule has 0 aliphatic heterocycles. The summed E-state index contributed by atoms with van der Waals surface area (Å²) in [4.78, 5) is 0. The summed E-state index contributed by atoms with van der Waals surface area (Å²) >= 11 is 0. The first-order valence-electron chi connectivity index (χ1n) is 11.0. The topological polar surface area (TPSA) is 40.5 Å². The van der Waals surface area contributed by atoms with E-state index in [-0.39, 0.29) is 25.9 Å². The van der Waals surface area contributed by atoms with Gasteiger partial charge in [0, 0.05) is 0 Å². The molecule has 2 N–H and O–H groups in total. The van der Waals surface area contributed by atoms with E-state index in [0.717, 1.165) is 19.5 Å². The Labute approximate surface area is 169 Å². The second-order valence-electron chi connectivity index (χ2n) is 7.60. The molecule has 3 nitrogen and oxygen atoms in total. The number of aliphatic hydroxyl groups excluding tert-OH is 2. The Kier molecular flexibility index (Phi) is 22.9. The maximum absolute atomic E-state index is 9.41. The SMILES string of the molecule is CCCCCCCC/C=C\CCCCCCCC[N+](CC)(CO)CO.[Cl-]. The van der Waals surface area contributed by atoms with E-state index >= 15 is 0 Å². The normalized spacial score (nSPS) is 11.8. The zero-order chi connectivity index (χ0) is 18.6. The highest BCUT2D eigenvalue weighted by Crippen LogP contribution is 2.12. The summed E-state index contributed by atoms with van der Waals surface area (Å²) in [6.07, 6.45) is 23.1. The fraction of sp³-hybridized carbons (Fsp3) is 0.909. The average molecular weight is 392 g/mol. The zero-order valence-electron chi connectivity index (χ0n) is 17.6. The van der Waals surface area contributed by atoms with Gasteiger partial charge in [0.25, 0.3) is 0 Å². The number of halogens is 1. The van der Waals surface area contributed by atoms with Gasteiger partial charge in [0.2, 0.25) is 0 Å². The van der Waals surface area contributed by atoms with Crippen LogP contribution in [0.3, 0.4) is 0 Å². The first kappa shape index (κ1) is 28.1. The Morgan fingerprint density at radius 3 is 1.46 bits per heavy atom. The van der Waals surface area contributed by atoms with Crippen molar-refractivity contribution in [2.24, 2.45) is 0 Å². The van der Waals surface area contributed by atoms with Crippen LogP contribution in [0.25, 0.3) is 0 Å². The van der Waals surface area contributed by atoms with Gasteiger partial charge in [-0.05, 0) is 45.4 Å². The Morgan fingerprint density at radius 2 is 1.04 bits per heavy atom. The molecule has 0 aromatic heterocycles. The maximum atomic E-state index is 9.41. The largest absolute Gasteiger partial charge is 1.00 e. The van der Waals surface area contributed by atoms with Crippen molar-refractivity contribution in [2.75, 3.05) is 26.6 Å². The number of nitrogens with zero attached hydrogens (tertiary/aromatic N) is 1. The van der Waals surface area contributed by atoms with Gasteiger partial charge in [-0.1, -0.05) is 70.4 Å². The fourth-order valence-electron chi connectivity index (χ4n) is 3.24. The van der Waals surface area contributed by atoms with Crippen molar-refractivity contribution in [3.05, 3.63) is 12.2 Å². The molecule has 0 aromatic rings. The van der Waals surface area contributed by atoms with Crippen molar-refractivity contribution < 1.29 is 27.1 Å². The van der Waals surface area contributed by atoms with Crippen molar-refractivity contribution in [1.29, 1.82) is 0 Å². The lowest BCUT2D eigenvalue weighted by molar-refractivity contribution is -0.959. The third-order valence-electron chi connectivity index (χ3n) is 5.42. The van der Waals surface area contributed by atoms with Crippen LogP contribution in [0.2, 0.25) is 0 Å². The van der Waals surface area contributed by atoms with Crippen LogP contribution in [-0.2, 0) is 0 Å². The molecule has 0 saturated carbocycles. The molecule has 0 heterocycles. The van der Waals surface area contributed by atoms with Gasteiger partial charge < -0.3 is 22.6 Å². The number of rotatable bonds is 19. The highest BCUT2D eigenvalue weighted by Gasteiger charge is 2.21. The van der Waals surface area contributed by atoms with E-state index in [0.29, 0.717) is 4.48 Å². The van der Waals surface area contributed by atoms with E-state index in [4.69, 9.17) is 0 Å². The van der Waals surface area contributed by atoms with Gasteiger partial charge in [-0.2, -0.15) is 0 Å². The zero-order valence-corrected chi connectivity index (χ0v) is 18.4. The molecule has 0 spiro atoms. The monoisotopic (exact) mass is 391 g/mol. The van der Waals surface area contributed by atoms with Crippen molar-refractivity contribution in [3.8, 4) is 0 Å². The molecule has 158 valence electrons. The van der Waals surface area contributed by atoms with Crippen LogP contribution in [0.4, 0.5) is 0 Å². The molecule has 0 aromatic carbocycles. The molecule has 0 rings (SSSR count). The molecule has 0 bridgehead atoms. The standard InChI is InChI=1S/C22H46NO2.ClH/c1-3-5-6-7-8-9-10-11-12-13-14-15-16-17-18-19-20-23(4-2,21-24)22-25;/h11-12,24-25H,3-10,13-22H2,1-2H3;1H/q+1;/p-1/b12-11-;. The second kappa shape index (κ2) is 21.2. The first-order valence-corrected chi connectivity index (χ1v) is 11.0. The summed E-state index contributed by atoms with van der Waals surface area (Å²) in [7, 11) is 0. The van der Waals surface area contributed by atoms with Crippen LogP contribution in [0, 0.1) is 0 Å². The summed E-state index contributed by atoms with van der Waals surface area (Å²) in [5.41, 5.74) is 0. The number of unbranched alkanes of at least 4 members (excludes halogenated alkanes) is 12. The first-order chi connectivity index (χ1) is 12.2. The molecule has 0 atom stereocenters. The smallest absolute Gasteiger partial charge is 0.182 e. The maximum Gasteiger partial charge on any atom is 0.182 e. The summed E-state index contributed by atoms with van der Waals surface area (Å²) in [5.74, 6) is 0. The van der Waals surface area contributed by atoms with Crippen molar-refractivity contribution in [3.63, 3.8) is 0 Å². The van der Waals surface area contributed by atoms with E-state index in [1.54, 1.807) is 0 Å². The Balaban J connectivity index is 0. The second-order valence-corrected chi connectivity index (χ2v) is 7.60. The minimum absolute atomic E-state index is 0. The summed E-state index contributed by atoms with van der Waals surface area (Å²) in [6, 6.07) is 0. The van der Waals surface area contributed by atoms with Gasteiger partial charge in [0.15, 0.2) is 13.5 Å². The summed E-state index contributed by atoms with van der Waals surface area (Å²) in [5, 5.41) is 18.8. The quantitative estimate of drug-likeness (QED) is 0.154.